The summed E-state index contributed by atoms with van der Waals surface area (Å²) in [5.41, 5.74) is 2.67. The number of likely N-dealkylation sites (tertiary alicyclic amines) is 2. The van der Waals surface area contributed by atoms with Gasteiger partial charge in [-0.2, -0.15) is 5.06 Å². The molecule has 3 atom stereocenters. The Kier molecular flexibility index (Phi) is 57.5. The van der Waals surface area contributed by atoms with Gasteiger partial charge in [-0.3, -0.25) is 43.4 Å². The number of thiazole rings is 1. The van der Waals surface area contributed by atoms with Crippen molar-refractivity contribution in [3.05, 3.63) is 70.5 Å². The van der Waals surface area contributed by atoms with Crippen LogP contribution in [0.4, 0.5) is 21.6 Å². The number of anilines is 3. The molecule has 3 aromatic heterocycles. The van der Waals surface area contributed by atoms with E-state index in [2.05, 4.69) is 215 Å². The van der Waals surface area contributed by atoms with Crippen LogP contribution in [0.25, 0.3) is 0 Å². The number of nitrogens with one attached hydrogen (secondary N) is 4. The normalized spacial score (nSPS) is 16.5. The summed E-state index contributed by atoms with van der Waals surface area (Å²) in [6, 6.07) is 13.9. The van der Waals surface area contributed by atoms with Gasteiger partial charge in [0.2, 0.25) is 17.7 Å². The van der Waals surface area contributed by atoms with Gasteiger partial charge in [-0.1, -0.05) is 65.0 Å². The van der Waals surface area contributed by atoms with E-state index in [4.69, 9.17) is 9.57 Å². The minimum Gasteiger partial charge on any atom is -0.373 e. The molecule has 4 N–H and O–H groups in total. The summed E-state index contributed by atoms with van der Waals surface area (Å²) in [6.07, 6.45) is 11.0. The number of carbonyl (C=O) groups excluding carboxylic acids is 7. The van der Waals surface area contributed by atoms with E-state index < -0.39 is 0 Å². The lowest BCUT2D eigenvalue weighted by molar-refractivity contribution is -0.182. The Morgan fingerprint density at radius 3 is 1.37 bits per heavy atom. The first-order valence-corrected chi connectivity index (χ1v) is 51.4. The molecule has 1 aliphatic carbocycles. The maximum Gasteiger partial charge on any atom is 0.320 e. The molecule has 9 rings (SSSR count). The lowest BCUT2D eigenvalue weighted by Crippen LogP contribution is -2.55. The molecule has 4 aliphatic heterocycles. The zero-order valence-corrected chi connectivity index (χ0v) is 94.2. The number of rotatable bonds is 31. The highest BCUT2D eigenvalue weighted by Gasteiger charge is 2.45. The van der Waals surface area contributed by atoms with E-state index in [1.54, 1.807) is 73.4 Å². The van der Waals surface area contributed by atoms with Gasteiger partial charge in [0.05, 0.1) is 36.7 Å². The molecule has 1 aromatic carbocycles. The third-order valence-corrected chi connectivity index (χ3v) is 25.3. The second-order valence-corrected chi connectivity index (χ2v) is 43.7. The molecule has 30 nitrogen and oxygen atoms in total. The van der Waals surface area contributed by atoms with Crippen molar-refractivity contribution in [3.8, 4) is 0 Å². The topological polar surface area (TPSA) is 273 Å². The predicted molar refractivity (Wildman–Crippen MR) is 564 cm³/mol. The average Bonchev–Trinajstić information content (AvgIpc) is 1.66. The molecule has 4 aromatic rings. The number of hydroxylamine groups is 2. The Morgan fingerprint density at radius 2 is 0.926 bits per heavy atom. The summed E-state index contributed by atoms with van der Waals surface area (Å²) in [4.78, 5) is 124. The highest BCUT2D eigenvalue weighted by molar-refractivity contribution is 7.17. The van der Waals surface area contributed by atoms with Gasteiger partial charge >= 0.3 is 6.03 Å². The number of ether oxygens (including phenoxy) is 1. The Balaban J connectivity index is 0.000000762. The van der Waals surface area contributed by atoms with Gasteiger partial charge in [-0.25, -0.2) is 19.7 Å². The largest absolute Gasteiger partial charge is 0.373 e. The molecule has 5 fully saturated rings. The number of imidazole rings is 2. The van der Waals surface area contributed by atoms with E-state index >= 15 is 0 Å². The molecule has 0 spiro atoms. The summed E-state index contributed by atoms with van der Waals surface area (Å²) < 4.78 is 9.21. The highest BCUT2D eigenvalue weighted by atomic mass is 32.1. The minimum atomic E-state index is -0.278. The number of hydrogen-bond acceptors (Lipinski definition) is 21. The van der Waals surface area contributed by atoms with Crippen molar-refractivity contribution in [2.75, 3.05) is 124 Å². The molecule has 4 saturated heterocycles. The molecular formula is C104H197N21O9S. The number of benzene rings is 1. The van der Waals surface area contributed by atoms with E-state index in [1.165, 1.54) is 36.4 Å². The molecule has 7 heterocycles. The zero-order valence-electron chi connectivity index (χ0n) is 93.4. The van der Waals surface area contributed by atoms with Gasteiger partial charge in [0.25, 0.3) is 29.5 Å². The number of aromatic nitrogens is 5. The van der Waals surface area contributed by atoms with Crippen LogP contribution in [0.1, 0.15) is 322 Å². The first kappa shape index (κ1) is 125. The lowest BCUT2D eigenvalue weighted by atomic mass is 9.89. The van der Waals surface area contributed by atoms with Crippen LogP contribution in [-0.2, 0) is 39.7 Å². The van der Waals surface area contributed by atoms with Gasteiger partial charge < -0.3 is 79.2 Å². The Bertz CT molecular complexity index is 3900. The molecule has 778 valence electrons. The summed E-state index contributed by atoms with van der Waals surface area (Å²) in [5, 5.41) is 16.4. The fourth-order valence-electron chi connectivity index (χ4n) is 14.1. The van der Waals surface area contributed by atoms with E-state index in [0.29, 0.717) is 89.0 Å². The van der Waals surface area contributed by atoms with Gasteiger partial charge in [-0.15, -0.1) is 0 Å². The van der Waals surface area contributed by atoms with E-state index in [-0.39, 0.29) is 89.7 Å². The number of nitrogens with zero attached hydrogens (tertiary/aromatic N) is 17. The van der Waals surface area contributed by atoms with Crippen LogP contribution < -0.4 is 21.3 Å². The van der Waals surface area contributed by atoms with Crippen molar-refractivity contribution in [1.29, 1.82) is 0 Å². The van der Waals surface area contributed by atoms with Crippen LogP contribution in [0.2, 0.25) is 0 Å². The third kappa shape index (κ3) is 45.5. The van der Waals surface area contributed by atoms with E-state index in [1.807, 2.05) is 171 Å². The minimum absolute atomic E-state index is 0.00759. The number of likely N-dealkylation sites (N-methyl/N-ethyl adjacent to an activating group) is 1. The van der Waals surface area contributed by atoms with Crippen LogP contribution in [0.15, 0.2) is 42.9 Å². The van der Waals surface area contributed by atoms with E-state index in [9.17, 15) is 33.6 Å². The van der Waals surface area contributed by atoms with Gasteiger partial charge in [0, 0.05) is 225 Å². The molecule has 1 saturated carbocycles. The average molecular weight is 1920 g/mol. The van der Waals surface area contributed by atoms with E-state index in [0.717, 1.165) is 112 Å². The molecular weight excluding hydrogens is 1720 g/mol. The SMILES string of the molecule is CC(C)CC1CN(C(C)C)C1.CC(C)Cc1ccc(C(=O)N(C)C(C)C)cc1.CC(C)N1CCC(C(=O)N(C)C(C)C)O1.CC(C)N1CCCN(C(=O)N(C)C(C)C)CC1.CC(C)NC1CC1C(=O)N(C)C(C)C.CC(C)Nc1cnc(C(=O)N(C)C(C)C)n1C.CC(C)Nc1cnc(C(=O)N(C)C(C)C)s1.CC(C)Nc1ncc(C(=O)N(C)C(C)C)n1C.CC(C)OC1CN(C(C)C)C1. The number of carbonyl (C=O) groups is 7. The molecule has 5 aliphatic rings. The number of urea groups is 1. The van der Waals surface area contributed by atoms with Crippen molar-refractivity contribution >= 4 is 69.6 Å². The van der Waals surface area contributed by atoms with Gasteiger partial charge in [0.1, 0.15) is 16.5 Å². The molecule has 135 heavy (non-hydrogen) atoms. The molecule has 8 amide bonds. The summed E-state index contributed by atoms with van der Waals surface area (Å²) in [6.45, 7) is 85.1. The van der Waals surface area contributed by atoms with Crippen LogP contribution in [-0.4, -0.2) is 348 Å². The fourth-order valence-corrected chi connectivity index (χ4v) is 15.0. The first-order valence-electron chi connectivity index (χ1n) is 50.6. The summed E-state index contributed by atoms with van der Waals surface area (Å²) in [5.74, 6) is 5.20. The van der Waals surface area contributed by atoms with Crippen LogP contribution in [0, 0.1) is 23.7 Å². The van der Waals surface area contributed by atoms with Gasteiger partial charge in [0.15, 0.2) is 11.1 Å². The smallest absolute Gasteiger partial charge is 0.320 e. The zero-order chi connectivity index (χ0) is 104. The van der Waals surface area contributed by atoms with Crippen LogP contribution in [0.5, 0.6) is 0 Å². The monoisotopic (exact) mass is 1920 g/mol. The van der Waals surface area contributed by atoms with Crippen molar-refractivity contribution in [3.63, 3.8) is 0 Å². The summed E-state index contributed by atoms with van der Waals surface area (Å²) in [7, 11) is 16.5. The van der Waals surface area contributed by atoms with Crippen LogP contribution in [0.3, 0.4) is 0 Å². The molecule has 31 heteroatoms. The number of hydrogen-bond donors (Lipinski definition) is 4. The van der Waals surface area contributed by atoms with Gasteiger partial charge in [-0.05, 0) is 275 Å². The Hall–Kier alpha value is -7.52. The van der Waals surface area contributed by atoms with Crippen molar-refractivity contribution < 1.29 is 43.1 Å². The quantitative estimate of drug-likeness (QED) is 0.0364. The second kappa shape index (κ2) is 61.8. The lowest BCUT2D eigenvalue weighted by Gasteiger charge is -2.42. The standard InChI is InChI=1S/C15H23NO.C13H27N3O.2C12H22N4O.C11H19N3OS.C11H22N2O2.C11H22N2O.C10H21N.C9H19NO/c1-11(2)10-13-6-8-14(9-7-13)15(17)16(5)12(3)4;1-11(2)14(5)13(17)16-8-6-7-15(9-10-16)12(3)4;1-8(2)14-10-7-13-11(16(10)6)12(17)15(5)9(3)4;1-8(2)14-12-13-7-10(16(12)6)11(17)15(5)9(3)4;1-7(2)13-9-6-12-10(16-9)11(15)14(5)8(3)4;1-8(2)12(5)11(14)10-6-7-13(15-10)9(3)4;1-7(2)12-10-6-9(10)11(14)13(5)8(3)4;1-8(2)5-10-6-11(7-10)9(3)4;1-7(2)10-5-9(6-10)11-8(3)4/h6-9,11-12H,10H2,1-5H3;11-12H,6-10H2,1-5H3;7-9,14H,1-6H3;7-9H,1-6H3,(H,13,14);6-8,13H,1-5H3;8-10H,6-7H2,1-5H3;7-10,12H,6H2,1-5H3;8-10H,5-7H2,1-4H3;7-9H,5-6H2,1-4H3. The number of amides is 8. The summed E-state index contributed by atoms with van der Waals surface area (Å²) >= 11 is 1.40. The maximum absolute atomic E-state index is 12.2. The molecule has 3 unspecified atom stereocenters. The highest BCUT2D eigenvalue weighted by Crippen LogP contribution is 2.33. The molecule has 0 bridgehead atoms. The van der Waals surface area contributed by atoms with Crippen molar-refractivity contribution in [1.82, 2.24) is 88.4 Å². The predicted octanol–water partition coefficient (Wildman–Crippen LogP) is 17.5. The van der Waals surface area contributed by atoms with Crippen molar-refractivity contribution in [2.45, 2.75) is 396 Å². The first-order chi connectivity index (χ1) is 62.5. The van der Waals surface area contributed by atoms with Crippen molar-refractivity contribution in [2.24, 2.45) is 37.8 Å². The third-order valence-electron chi connectivity index (χ3n) is 24.4. The maximum atomic E-state index is 12.2. The fraction of sp³-hybridized carbons (Fsp3) is 0.788. The second-order valence-electron chi connectivity index (χ2n) is 42.6. The van der Waals surface area contributed by atoms with Crippen LogP contribution >= 0.6 is 11.3 Å². The Labute approximate surface area is 825 Å². The molecule has 0 radical (unpaired) electrons. The Morgan fingerprint density at radius 1 is 0.452 bits per heavy atom.